The lowest BCUT2D eigenvalue weighted by Gasteiger charge is -2.43. The summed E-state index contributed by atoms with van der Waals surface area (Å²) in [5.74, 6) is 0.585. The predicted molar refractivity (Wildman–Crippen MR) is 119 cm³/mol. The van der Waals surface area contributed by atoms with Crippen LogP contribution in [-0.4, -0.2) is 66.8 Å². The van der Waals surface area contributed by atoms with Gasteiger partial charge < -0.3 is 38.6 Å². The molecule has 0 radical (unpaired) electrons. The van der Waals surface area contributed by atoms with Crippen LogP contribution in [0.25, 0.3) is 0 Å². The Balaban J connectivity index is 1.52. The summed E-state index contributed by atoms with van der Waals surface area (Å²) in [5, 5.41) is 21.7. The van der Waals surface area contributed by atoms with Crippen molar-refractivity contribution in [1.29, 1.82) is 0 Å². The first-order chi connectivity index (χ1) is 15.8. The lowest BCUT2D eigenvalue weighted by Crippen LogP contribution is -2.64. The van der Waals surface area contributed by atoms with Gasteiger partial charge in [-0.15, -0.1) is 0 Å². The number of methoxy groups -OCH3 is 2. The zero-order chi connectivity index (χ0) is 23.6. The van der Waals surface area contributed by atoms with E-state index in [4.69, 9.17) is 28.4 Å². The van der Waals surface area contributed by atoms with Gasteiger partial charge >= 0.3 is 0 Å². The van der Waals surface area contributed by atoms with Crippen LogP contribution in [-0.2, 0) is 32.2 Å². The molecule has 0 aromatic heterocycles. The number of rotatable bonds is 8. The smallest absolute Gasteiger partial charge is 0.164 e. The van der Waals surface area contributed by atoms with Crippen LogP contribution in [0.15, 0.2) is 48.5 Å². The molecule has 0 amide bonds. The molecular weight excluding hydrogens is 428 g/mol. The second kappa shape index (κ2) is 9.97. The van der Waals surface area contributed by atoms with Crippen LogP contribution >= 0.6 is 0 Å². The monoisotopic (exact) mass is 460 g/mol. The van der Waals surface area contributed by atoms with Gasteiger partial charge in [0.25, 0.3) is 0 Å². The zero-order valence-corrected chi connectivity index (χ0v) is 19.3. The number of hydrogen-bond acceptors (Lipinski definition) is 8. The molecule has 2 N–H and O–H groups in total. The Morgan fingerprint density at radius 3 is 1.64 bits per heavy atom. The Morgan fingerprint density at radius 2 is 1.15 bits per heavy atom. The van der Waals surface area contributed by atoms with E-state index in [1.165, 1.54) is 0 Å². The molecule has 33 heavy (non-hydrogen) atoms. The molecule has 1 heterocycles. The van der Waals surface area contributed by atoms with Gasteiger partial charge in [0.1, 0.15) is 48.1 Å². The summed E-state index contributed by atoms with van der Waals surface area (Å²) < 4.78 is 34.7. The quantitative estimate of drug-likeness (QED) is 0.620. The van der Waals surface area contributed by atoms with E-state index in [1.807, 2.05) is 48.5 Å². The van der Waals surface area contributed by atoms with Gasteiger partial charge in [0.15, 0.2) is 5.79 Å². The molecule has 6 atom stereocenters. The molecule has 0 spiro atoms. The van der Waals surface area contributed by atoms with Crippen LogP contribution < -0.4 is 9.47 Å². The van der Waals surface area contributed by atoms with Crippen LogP contribution in [0, 0.1) is 0 Å². The highest BCUT2D eigenvalue weighted by Crippen LogP contribution is 2.40. The fourth-order valence-corrected chi connectivity index (χ4v) is 4.32. The molecule has 8 nitrogen and oxygen atoms in total. The second-order valence-corrected chi connectivity index (χ2v) is 8.79. The molecule has 1 aliphatic carbocycles. The molecule has 1 saturated carbocycles. The molecule has 0 unspecified atom stereocenters. The zero-order valence-electron chi connectivity index (χ0n) is 19.3. The van der Waals surface area contributed by atoms with E-state index >= 15 is 0 Å². The minimum absolute atomic E-state index is 0.225. The molecule has 2 fully saturated rings. The van der Waals surface area contributed by atoms with E-state index in [0.717, 1.165) is 22.6 Å². The van der Waals surface area contributed by atoms with Crippen LogP contribution in [0.3, 0.4) is 0 Å². The van der Waals surface area contributed by atoms with Gasteiger partial charge in [-0.05, 0) is 49.2 Å². The van der Waals surface area contributed by atoms with E-state index in [0.29, 0.717) is 0 Å². The van der Waals surface area contributed by atoms with Crippen molar-refractivity contribution in [3.63, 3.8) is 0 Å². The number of ether oxygens (including phenoxy) is 6. The van der Waals surface area contributed by atoms with Crippen molar-refractivity contribution in [1.82, 2.24) is 0 Å². The summed E-state index contributed by atoms with van der Waals surface area (Å²) in [7, 11) is 3.22. The third-order valence-electron chi connectivity index (χ3n) is 6.04. The van der Waals surface area contributed by atoms with E-state index in [9.17, 15) is 10.2 Å². The number of aliphatic hydroxyl groups excluding tert-OH is 2. The van der Waals surface area contributed by atoms with Gasteiger partial charge in [-0.25, -0.2) is 0 Å². The highest BCUT2D eigenvalue weighted by molar-refractivity contribution is 5.27. The Kier molecular flexibility index (Phi) is 7.23. The van der Waals surface area contributed by atoms with E-state index < -0.39 is 42.4 Å². The van der Waals surface area contributed by atoms with Crippen molar-refractivity contribution in [3.05, 3.63) is 59.7 Å². The molecule has 1 aliphatic heterocycles. The highest BCUT2D eigenvalue weighted by atomic mass is 16.8. The van der Waals surface area contributed by atoms with Gasteiger partial charge in [0.05, 0.1) is 27.4 Å². The summed E-state index contributed by atoms with van der Waals surface area (Å²) in [4.78, 5) is 0. The Labute approximate surface area is 193 Å². The Morgan fingerprint density at radius 1 is 0.697 bits per heavy atom. The van der Waals surface area contributed by atoms with E-state index in [1.54, 1.807) is 28.1 Å². The normalized spacial score (nSPS) is 30.6. The minimum Gasteiger partial charge on any atom is -0.497 e. The highest BCUT2D eigenvalue weighted by Gasteiger charge is 2.58. The molecule has 0 bridgehead atoms. The number of benzene rings is 2. The molecule has 180 valence electrons. The lowest BCUT2D eigenvalue weighted by molar-refractivity contribution is -0.227. The summed E-state index contributed by atoms with van der Waals surface area (Å²) in [6.07, 6.45) is -5.18. The fraction of sp³-hybridized carbons (Fsp3) is 0.520. The maximum absolute atomic E-state index is 10.9. The number of aliphatic hydroxyl groups is 2. The fourth-order valence-electron chi connectivity index (χ4n) is 4.32. The van der Waals surface area contributed by atoms with Gasteiger partial charge in [-0.3, -0.25) is 0 Å². The third kappa shape index (κ3) is 5.32. The largest absolute Gasteiger partial charge is 0.497 e. The number of hydrogen-bond donors (Lipinski definition) is 2. The second-order valence-electron chi connectivity index (χ2n) is 8.79. The van der Waals surface area contributed by atoms with Crippen molar-refractivity contribution < 1.29 is 38.6 Å². The van der Waals surface area contributed by atoms with Gasteiger partial charge in [-0.2, -0.15) is 0 Å². The van der Waals surface area contributed by atoms with Crippen LogP contribution in [0.5, 0.6) is 11.5 Å². The van der Waals surface area contributed by atoms with Crippen molar-refractivity contribution >= 4 is 0 Å². The molecule has 2 aromatic carbocycles. The molecule has 8 heteroatoms. The predicted octanol–water partition coefficient (Wildman–Crippen LogP) is 2.43. The Hall–Kier alpha value is -2.20. The first-order valence-corrected chi connectivity index (χ1v) is 11.0. The number of fused-ring (bicyclic) bond motifs is 1. The van der Waals surface area contributed by atoms with Crippen molar-refractivity contribution in [2.24, 2.45) is 0 Å². The lowest BCUT2D eigenvalue weighted by atomic mass is 9.84. The summed E-state index contributed by atoms with van der Waals surface area (Å²) in [5.41, 5.74) is 1.83. The molecule has 2 aromatic rings. The average Bonchev–Trinajstić information content (AvgIpc) is 3.15. The van der Waals surface area contributed by atoms with Crippen LogP contribution in [0.1, 0.15) is 25.0 Å². The van der Waals surface area contributed by atoms with Gasteiger partial charge in [-0.1, -0.05) is 24.3 Å². The van der Waals surface area contributed by atoms with Crippen molar-refractivity contribution in [2.45, 2.75) is 69.5 Å². The van der Waals surface area contributed by atoms with Gasteiger partial charge in [0, 0.05) is 0 Å². The van der Waals surface area contributed by atoms with Crippen LogP contribution in [0.4, 0.5) is 0 Å². The third-order valence-corrected chi connectivity index (χ3v) is 6.04. The summed E-state index contributed by atoms with van der Waals surface area (Å²) >= 11 is 0. The summed E-state index contributed by atoms with van der Waals surface area (Å²) in [6.45, 7) is 4.05. The van der Waals surface area contributed by atoms with Crippen molar-refractivity contribution in [3.8, 4) is 11.5 Å². The first-order valence-electron chi connectivity index (χ1n) is 11.0. The molecular formula is C25H32O8. The average molecular weight is 461 g/mol. The molecule has 1 saturated heterocycles. The Bertz CT molecular complexity index is 898. The summed E-state index contributed by atoms with van der Waals surface area (Å²) in [6, 6.07) is 15.0. The topological polar surface area (TPSA) is 95.8 Å². The maximum Gasteiger partial charge on any atom is 0.164 e. The molecule has 2 aliphatic rings. The first kappa shape index (κ1) is 23.9. The standard InChI is InChI=1S/C25H32O8/c1-25(2)32-22-20(27)19(26)21(30-13-15-5-9-17(28-3)10-6-15)23(24(22)33-25)31-14-16-7-11-18(29-4)12-8-16/h5-12,19-24,26-27H,13-14H2,1-4H3/t19-,20-,21+,22+,23-,24+/m1/s1. The molecule has 4 rings (SSSR count). The maximum atomic E-state index is 10.9. The van der Waals surface area contributed by atoms with Crippen LogP contribution in [0.2, 0.25) is 0 Å². The SMILES string of the molecule is COc1ccc(CO[C@H]2[C@H]3OC(C)(C)O[C@H]3[C@H](O)[C@@H](O)[C@@H]2OCc2ccc(OC)cc2)cc1. The van der Waals surface area contributed by atoms with Crippen molar-refractivity contribution in [2.75, 3.05) is 14.2 Å². The van der Waals surface area contributed by atoms with E-state index in [2.05, 4.69) is 0 Å². The van der Waals surface area contributed by atoms with E-state index in [-0.39, 0.29) is 13.2 Å². The minimum atomic E-state index is -1.21. The van der Waals surface area contributed by atoms with Gasteiger partial charge in [0.2, 0.25) is 0 Å².